The summed E-state index contributed by atoms with van der Waals surface area (Å²) >= 11 is 0. The molecule has 0 radical (unpaired) electrons. The topological polar surface area (TPSA) is 41.5 Å². The van der Waals surface area contributed by atoms with Gasteiger partial charge in [-0.1, -0.05) is 32.0 Å². The van der Waals surface area contributed by atoms with Crippen LogP contribution < -0.4 is 10.1 Å². The van der Waals surface area contributed by atoms with E-state index in [9.17, 15) is 5.11 Å². The van der Waals surface area contributed by atoms with Crippen molar-refractivity contribution in [3.05, 3.63) is 29.8 Å². The van der Waals surface area contributed by atoms with E-state index >= 15 is 0 Å². The Balaban J connectivity index is 2.47. The molecule has 0 aliphatic rings. The maximum absolute atomic E-state index is 9.21. The molecule has 17 heavy (non-hydrogen) atoms. The average molecular weight is 237 g/mol. The molecule has 0 saturated carbocycles. The minimum Gasteiger partial charge on any atom is -0.492 e. The molecule has 0 saturated heterocycles. The fourth-order valence-corrected chi connectivity index (χ4v) is 1.65. The molecule has 3 heteroatoms. The van der Waals surface area contributed by atoms with Crippen molar-refractivity contribution in [3.8, 4) is 5.75 Å². The van der Waals surface area contributed by atoms with Crippen molar-refractivity contribution in [2.75, 3.05) is 19.8 Å². The number of rotatable bonds is 8. The van der Waals surface area contributed by atoms with Crippen molar-refractivity contribution < 1.29 is 9.84 Å². The zero-order chi connectivity index (χ0) is 12.5. The first-order chi connectivity index (χ1) is 8.31. The molecule has 96 valence electrons. The summed E-state index contributed by atoms with van der Waals surface area (Å²) in [6.07, 6.45) is 2.02. The molecular formula is C14H23NO2. The third-order valence-electron chi connectivity index (χ3n) is 2.70. The molecule has 1 unspecified atom stereocenters. The number of aliphatic hydroxyl groups excluding tert-OH is 1. The zero-order valence-corrected chi connectivity index (χ0v) is 10.8. The van der Waals surface area contributed by atoms with Crippen LogP contribution >= 0.6 is 0 Å². The van der Waals surface area contributed by atoms with E-state index in [0.29, 0.717) is 6.61 Å². The Hall–Kier alpha value is -1.06. The number of aliphatic hydroxyl groups is 1. The number of hydrogen-bond acceptors (Lipinski definition) is 3. The van der Waals surface area contributed by atoms with Gasteiger partial charge in [-0.25, -0.2) is 0 Å². The quantitative estimate of drug-likeness (QED) is 0.726. The minimum absolute atomic E-state index is 0.0138. The highest BCUT2D eigenvalue weighted by Gasteiger charge is 2.08. The molecule has 1 atom stereocenters. The molecule has 2 N–H and O–H groups in total. The van der Waals surface area contributed by atoms with Crippen LogP contribution in [0.3, 0.4) is 0 Å². The van der Waals surface area contributed by atoms with Crippen LogP contribution in [0.1, 0.15) is 25.8 Å². The Labute approximate surface area is 104 Å². The predicted molar refractivity (Wildman–Crippen MR) is 70.5 cm³/mol. The number of hydrogen-bond donors (Lipinski definition) is 2. The van der Waals surface area contributed by atoms with Crippen molar-refractivity contribution in [3.63, 3.8) is 0 Å². The largest absolute Gasteiger partial charge is 0.492 e. The smallest absolute Gasteiger partial charge is 0.122 e. The number of aryl methyl sites for hydroxylation is 1. The van der Waals surface area contributed by atoms with E-state index in [1.165, 1.54) is 5.56 Å². The normalized spacial score (nSPS) is 12.4. The Kier molecular flexibility index (Phi) is 6.67. The molecule has 0 heterocycles. The second kappa shape index (κ2) is 8.09. The molecule has 0 amide bonds. The summed E-state index contributed by atoms with van der Waals surface area (Å²) in [6, 6.07) is 8.06. The summed E-state index contributed by atoms with van der Waals surface area (Å²) in [5.41, 5.74) is 1.21. The van der Waals surface area contributed by atoms with E-state index < -0.39 is 0 Å². The highest BCUT2D eigenvalue weighted by atomic mass is 16.5. The molecule has 0 bridgehead atoms. The van der Waals surface area contributed by atoms with Gasteiger partial charge in [0.2, 0.25) is 0 Å². The lowest BCUT2D eigenvalue weighted by Gasteiger charge is -2.18. The van der Waals surface area contributed by atoms with E-state index in [2.05, 4.69) is 25.2 Å². The lowest BCUT2D eigenvalue weighted by atomic mass is 10.1. The Bertz CT molecular complexity index is 315. The second-order valence-corrected chi connectivity index (χ2v) is 4.11. The summed E-state index contributed by atoms with van der Waals surface area (Å²) in [4.78, 5) is 0. The SMILES string of the molecule is CCCNC(CO)COc1ccccc1CC. The molecule has 0 aromatic heterocycles. The minimum atomic E-state index is 0.0138. The van der Waals surface area contributed by atoms with E-state index in [-0.39, 0.29) is 12.6 Å². The molecule has 0 aliphatic heterocycles. The van der Waals surface area contributed by atoms with Gasteiger partial charge in [0.05, 0.1) is 12.6 Å². The molecule has 1 rings (SSSR count). The highest BCUT2D eigenvalue weighted by molar-refractivity contribution is 5.33. The Morgan fingerprint density at radius 3 is 2.71 bits per heavy atom. The number of para-hydroxylation sites is 1. The molecule has 3 nitrogen and oxygen atoms in total. The summed E-state index contributed by atoms with van der Waals surface area (Å²) in [7, 11) is 0. The van der Waals surface area contributed by atoms with Crippen LogP contribution in [0.15, 0.2) is 24.3 Å². The fourth-order valence-electron chi connectivity index (χ4n) is 1.65. The van der Waals surface area contributed by atoms with Crippen LogP contribution in [0.4, 0.5) is 0 Å². The summed E-state index contributed by atoms with van der Waals surface area (Å²) in [5.74, 6) is 0.923. The molecule has 1 aromatic rings. The van der Waals surface area contributed by atoms with E-state index in [0.717, 1.165) is 25.1 Å². The molecule has 0 aliphatic carbocycles. The number of nitrogens with one attached hydrogen (secondary N) is 1. The third-order valence-corrected chi connectivity index (χ3v) is 2.70. The summed E-state index contributed by atoms with van der Waals surface area (Å²) < 4.78 is 5.76. The standard InChI is InChI=1S/C14H23NO2/c1-3-9-15-13(10-16)11-17-14-8-6-5-7-12(14)4-2/h5-8,13,15-16H,3-4,9-11H2,1-2H3. The van der Waals surface area contributed by atoms with Gasteiger partial charge in [0.25, 0.3) is 0 Å². The first-order valence-corrected chi connectivity index (χ1v) is 6.36. The maximum Gasteiger partial charge on any atom is 0.122 e. The zero-order valence-electron chi connectivity index (χ0n) is 10.8. The first-order valence-electron chi connectivity index (χ1n) is 6.36. The van der Waals surface area contributed by atoms with Crippen LogP contribution in [-0.4, -0.2) is 30.9 Å². The van der Waals surface area contributed by atoms with Gasteiger partial charge in [0.1, 0.15) is 12.4 Å². The molecule has 0 fully saturated rings. The van der Waals surface area contributed by atoms with Crippen molar-refractivity contribution in [1.29, 1.82) is 0 Å². The number of ether oxygens (including phenoxy) is 1. The van der Waals surface area contributed by atoms with Gasteiger partial charge in [0, 0.05) is 0 Å². The van der Waals surface area contributed by atoms with Gasteiger partial charge in [-0.3, -0.25) is 0 Å². The molecule has 1 aromatic carbocycles. The van der Waals surface area contributed by atoms with Crippen LogP contribution in [0.5, 0.6) is 5.75 Å². The molecule has 0 spiro atoms. The first kappa shape index (κ1) is 14.0. The van der Waals surface area contributed by atoms with Gasteiger partial charge in [-0.05, 0) is 31.0 Å². The van der Waals surface area contributed by atoms with E-state index in [1.54, 1.807) is 0 Å². The third kappa shape index (κ3) is 4.75. The summed E-state index contributed by atoms with van der Waals surface area (Å²) in [6.45, 7) is 5.74. The predicted octanol–water partition coefficient (Wildman–Crippen LogP) is 1.99. The van der Waals surface area contributed by atoms with E-state index in [1.807, 2.05) is 18.2 Å². The van der Waals surface area contributed by atoms with E-state index in [4.69, 9.17) is 4.74 Å². The summed E-state index contributed by atoms with van der Waals surface area (Å²) in [5, 5.41) is 12.5. The highest BCUT2D eigenvalue weighted by Crippen LogP contribution is 2.18. The van der Waals surface area contributed by atoms with Crippen LogP contribution in [0.25, 0.3) is 0 Å². The van der Waals surface area contributed by atoms with Crippen LogP contribution in [0, 0.1) is 0 Å². The van der Waals surface area contributed by atoms with Gasteiger partial charge in [0.15, 0.2) is 0 Å². The Morgan fingerprint density at radius 1 is 1.29 bits per heavy atom. The van der Waals surface area contributed by atoms with Crippen molar-refractivity contribution >= 4 is 0 Å². The lowest BCUT2D eigenvalue weighted by molar-refractivity contribution is 0.182. The average Bonchev–Trinajstić information content (AvgIpc) is 2.39. The van der Waals surface area contributed by atoms with Gasteiger partial charge < -0.3 is 15.2 Å². The van der Waals surface area contributed by atoms with Crippen molar-refractivity contribution in [2.24, 2.45) is 0 Å². The van der Waals surface area contributed by atoms with Crippen LogP contribution in [-0.2, 0) is 6.42 Å². The second-order valence-electron chi connectivity index (χ2n) is 4.11. The van der Waals surface area contributed by atoms with Crippen LogP contribution in [0.2, 0.25) is 0 Å². The Morgan fingerprint density at radius 2 is 2.06 bits per heavy atom. The monoisotopic (exact) mass is 237 g/mol. The van der Waals surface area contributed by atoms with Gasteiger partial charge >= 0.3 is 0 Å². The maximum atomic E-state index is 9.21. The van der Waals surface area contributed by atoms with Crippen molar-refractivity contribution in [1.82, 2.24) is 5.32 Å². The fraction of sp³-hybridized carbons (Fsp3) is 0.571. The molecular weight excluding hydrogens is 214 g/mol. The van der Waals surface area contributed by atoms with Gasteiger partial charge in [-0.15, -0.1) is 0 Å². The van der Waals surface area contributed by atoms with Crippen molar-refractivity contribution in [2.45, 2.75) is 32.7 Å². The number of benzene rings is 1. The van der Waals surface area contributed by atoms with Gasteiger partial charge in [-0.2, -0.15) is 0 Å². The lowest BCUT2D eigenvalue weighted by Crippen LogP contribution is -2.38.